The Labute approximate surface area is 98.2 Å². The molecule has 16 N–H and O–H groups in total. The molecule has 108 valence electrons. The molecule has 9 nitrogen and oxygen atoms in total. The van der Waals surface area contributed by atoms with Crippen molar-refractivity contribution in [2.45, 2.75) is 29.2 Å². The molecule has 0 rings (SSSR count). The summed E-state index contributed by atoms with van der Waals surface area (Å²) in [6.07, 6.45) is -2.67. The van der Waals surface area contributed by atoms with E-state index in [1.54, 1.807) is 0 Å². The third-order valence-corrected chi connectivity index (χ3v) is 0. The van der Waals surface area contributed by atoms with Crippen molar-refractivity contribution in [3.8, 4) is 0 Å². The number of amides is 2. The predicted octanol–water partition coefficient (Wildman–Crippen LogP) is 1.87. The molecule has 0 unspecified atom stereocenters. The van der Waals surface area contributed by atoms with E-state index < -0.39 is 12.2 Å². The van der Waals surface area contributed by atoms with Crippen molar-refractivity contribution >= 4 is 12.2 Å². The summed E-state index contributed by atoms with van der Waals surface area (Å²) >= 11 is 0. The molecule has 0 atom stereocenters. The van der Waals surface area contributed by atoms with Gasteiger partial charge in [-0.2, -0.15) is 0 Å². The Balaban J connectivity index is -0.00000000872. The minimum absolute atomic E-state index is 0. The van der Waals surface area contributed by atoms with Gasteiger partial charge < -0.3 is 39.7 Å². The van der Waals surface area contributed by atoms with Gasteiger partial charge in [-0.05, 0) is 6.54 Å². The highest BCUT2D eigenvalue weighted by atomic mass is 16.4. The minimum Gasteiger partial charge on any atom is -0.465 e. The van der Waals surface area contributed by atoms with Gasteiger partial charge in [-0.25, -0.2) is 9.59 Å². The Kier molecular flexibility index (Phi) is 278. The lowest BCUT2D eigenvalue weighted by molar-refractivity contribution is 0.204. The van der Waals surface area contributed by atoms with Crippen molar-refractivity contribution in [2.24, 2.45) is 17.2 Å². The fourth-order valence-corrected chi connectivity index (χ4v) is 0. The van der Waals surface area contributed by atoms with Gasteiger partial charge in [0.2, 0.25) is 0 Å². The Bertz CT molecular complexity index is 93.0. The fourth-order valence-electron chi connectivity index (χ4n) is 0. The molecular formula is C7H33N5O4+2. The van der Waals surface area contributed by atoms with E-state index >= 15 is 0 Å². The molecule has 0 aliphatic carbocycles. The molecule has 0 bridgehead atoms. The lowest BCUT2D eigenvalue weighted by Gasteiger charge is -1.61. The van der Waals surface area contributed by atoms with Gasteiger partial charge in [0.15, 0.2) is 0 Å². The van der Waals surface area contributed by atoms with Gasteiger partial charge in [0, 0.05) is 0 Å². The zero-order chi connectivity index (χ0) is 9.86. The van der Waals surface area contributed by atoms with Crippen LogP contribution < -0.4 is 29.5 Å². The van der Waals surface area contributed by atoms with Crippen molar-refractivity contribution in [1.82, 2.24) is 12.3 Å². The first kappa shape index (κ1) is 63.0. The second-order valence-electron chi connectivity index (χ2n) is 1.08. The van der Waals surface area contributed by atoms with Crippen LogP contribution in [0.2, 0.25) is 0 Å². The van der Waals surface area contributed by atoms with Gasteiger partial charge >= 0.3 is 12.2 Å². The molecule has 0 aromatic carbocycles. The van der Waals surface area contributed by atoms with E-state index in [2.05, 4.69) is 11.5 Å². The average molecular weight is 251 g/mol. The largest absolute Gasteiger partial charge is 0.465 e. The van der Waals surface area contributed by atoms with Gasteiger partial charge in [0.1, 0.15) is 0 Å². The number of hydrogen-bond acceptors (Lipinski definition) is 3. The van der Waals surface area contributed by atoms with Crippen molar-refractivity contribution in [3.05, 3.63) is 0 Å². The van der Waals surface area contributed by atoms with E-state index in [9.17, 15) is 0 Å². The summed E-state index contributed by atoms with van der Waals surface area (Å²) in [6, 6.07) is 0. The maximum Gasteiger partial charge on any atom is 0.402 e. The van der Waals surface area contributed by atoms with Crippen LogP contribution in [0.1, 0.15) is 29.2 Å². The van der Waals surface area contributed by atoms with Gasteiger partial charge in [-0.3, -0.25) is 0 Å². The van der Waals surface area contributed by atoms with E-state index in [-0.39, 0.29) is 34.6 Å². The maximum atomic E-state index is 8.78. The summed E-state index contributed by atoms with van der Waals surface area (Å²) in [5.41, 5.74) is 12.9. The van der Waals surface area contributed by atoms with Crippen LogP contribution in [-0.2, 0) is 0 Å². The lowest BCUT2D eigenvalue weighted by atomic mass is 10.8. The van der Waals surface area contributed by atoms with Gasteiger partial charge in [-0.15, -0.1) is 0 Å². The molecular weight excluding hydrogens is 218 g/mol. The average Bonchev–Trinajstić information content (AvgIpc) is 1.60. The molecule has 0 aliphatic rings. The first-order chi connectivity index (χ1) is 4.88. The van der Waals surface area contributed by atoms with Gasteiger partial charge in [0.25, 0.3) is 0 Å². The monoisotopic (exact) mass is 251 g/mol. The highest BCUT2D eigenvalue weighted by Gasteiger charge is 1.65. The molecule has 0 spiro atoms. The van der Waals surface area contributed by atoms with Crippen molar-refractivity contribution in [1.29, 1.82) is 0 Å². The number of hydrogen-bond donors (Lipinski definition) is 7. The second-order valence-corrected chi connectivity index (χ2v) is 1.08. The first-order valence-electron chi connectivity index (χ1n) is 2.55. The zero-order valence-corrected chi connectivity index (χ0v) is 8.15. The molecule has 0 saturated heterocycles. The van der Waals surface area contributed by atoms with Crippen LogP contribution in [0.25, 0.3) is 0 Å². The number of carboxylic acid groups (broad SMARTS) is 2. The Morgan fingerprint density at radius 3 is 0.938 bits per heavy atom. The summed E-state index contributed by atoms with van der Waals surface area (Å²) in [6.45, 7) is 2.65. The van der Waals surface area contributed by atoms with Crippen molar-refractivity contribution < 1.29 is 19.8 Å². The van der Waals surface area contributed by atoms with Crippen LogP contribution in [0, 0.1) is 0 Å². The van der Waals surface area contributed by atoms with Crippen LogP contribution >= 0.6 is 0 Å². The third kappa shape index (κ3) is 649. The van der Waals surface area contributed by atoms with Gasteiger partial charge in [-0.1, -0.05) is 29.2 Å². The Morgan fingerprint density at radius 1 is 0.938 bits per heavy atom. The summed E-state index contributed by atoms with van der Waals surface area (Å²) in [5, 5.41) is 14.4. The summed E-state index contributed by atoms with van der Waals surface area (Å²) in [5.74, 6) is 0. The third-order valence-electron chi connectivity index (χ3n) is 0. The molecule has 0 aromatic heterocycles. The van der Waals surface area contributed by atoms with Crippen molar-refractivity contribution in [2.75, 3.05) is 6.54 Å². The number of carbonyl (C=O) groups is 2. The van der Waals surface area contributed by atoms with E-state index in [0.29, 0.717) is 0 Å². The molecule has 0 saturated carbocycles. The highest BCUT2D eigenvalue weighted by Crippen LogP contribution is 1.35. The number of quaternary nitrogens is 2. The van der Waals surface area contributed by atoms with Crippen LogP contribution in [0.3, 0.4) is 0 Å². The van der Waals surface area contributed by atoms with Crippen LogP contribution in [0.15, 0.2) is 0 Å². The number of rotatable bonds is 0. The zero-order valence-electron chi connectivity index (χ0n) is 8.15. The van der Waals surface area contributed by atoms with E-state index in [0.717, 1.165) is 6.54 Å². The standard InChI is InChI=1S/C2H7N.2CH3NO2.3CH4.2H3N/c1-2-3;2*2-1(3)4;;;;;/h2-3H2,1H3;2*2H2,(H,3,4);3*1H4;2*1H3/p+2. The van der Waals surface area contributed by atoms with E-state index in [1.165, 1.54) is 0 Å². The number of primary amides is 2. The van der Waals surface area contributed by atoms with Crippen LogP contribution in [0.4, 0.5) is 9.59 Å². The molecule has 0 heterocycles. The fraction of sp³-hybridized carbons (Fsp3) is 0.714. The summed E-state index contributed by atoms with van der Waals surface area (Å²) in [4.78, 5) is 17.6. The summed E-state index contributed by atoms with van der Waals surface area (Å²) < 4.78 is 0. The summed E-state index contributed by atoms with van der Waals surface area (Å²) in [7, 11) is 0. The van der Waals surface area contributed by atoms with Gasteiger partial charge in [0.05, 0.1) is 0 Å². The quantitative estimate of drug-likeness (QED) is 0.341. The SMILES string of the molecule is C.C.C.CCN.NC(=O)O.NC(=O)O.[NH4+].[NH4+]. The normalized spacial score (nSPS) is 4.12. The molecule has 9 heteroatoms. The molecule has 16 heavy (non-hydrogen) atoms. The van der Waals surface area contributed by atoms with Crippen molar-refractivity contribution in [3.63, 3.8) is 0 Å². The maximum absolute atomic E-state index is 8.78. The van der Waals surface area contributed by atoms with Crippen LogP contribution in [0.5, 0.6) is 0 Å². The lowest BCUT2D eigenvalue weighted by Crippen LogP contribution is -2.03. The topological polar surface area (TPSA) is 226 Å². The Morgan fingerprint density at radius 2 is 0.938 bits per heavy atom. The van der Waals surface area contributed by atoms with E-state index in [1.807, 2.05) is 6.92 Å². The highest BCUT2D eigenvalue weighted by molar-refractivity contribution is 5.61. The minimum atomic E-state index is -1.33. The number of nitrogens with two attached hydrogens (primary N) is 3. The molecule has 0 fully saturated rings. The second kappa shape index (κ2) is 70.5. The molecule has 0 aliphatic heterocycles. The van der Waals surface area contributed by atoms with E-state index in [4.69, 9.17) is 25.5 Å². The molecule has 0 radical (unpaired) electrons. The molecule has 2 amide bonds. The van der Waals surface area contributed by atoms with Crippen LogP contribution in [-0.4, -0.2) is 28.9 Å². The predicted molar refractivity (Wildman–Crippen MR) is 71.3 cm³/mol. The molecule has 0 aromatic rings. The smallest absolute Gasteiger partial charge is 0.402 e. The Hall–Kier alpha value is -1.58. The first-order valence-corrected chi connectivity index (χ1v) is 2.55.